The third-order valence-electron chi connectivity index (χ3n) is 3.91. The van der Waals surface area contributed by atoms with Crippen LogP contribution < -0.4 is 10.2 Å². The van der Waals surface area contributed by atoms with Crippen LogP contribution in [-0.4, -0.2) is 28.4 Å². The van der Waals surface area contributed by atoms with Crippen molar-refractivity contribution in [3.05, 3.63) is 41.5 Å². The molecule has 1 N–H and O–H groups in total. The summed E-state index contributed by atoms with van der Waals surface area (Å²) in [5.74, 6) is 0.961. The van der Waals surface area contributed by atoms with Crippen LogP contribution in [0.15, 0.2) is 24.5 Å². The quantitative estimate of drug-likeness (QED) is 0.915. The van der Waals surface area contributed by atoms with E-state index in [9.17, 15) is 0 Å². The van der Waals surface area contributed by atoms with Gasteiger partial charge in [0, 0.05) is 32.9 Å². The minimum Gasteiger partial charge on any atom is -0.374 e. The van der Waals surface area contributed by atoms with Gasteiger partial charge in [-0.05, 0) is 30.0 Å². The molecule has 0 fully saturated rings. The highest BCUT2D eigenvalue weighted by molar-refractivity contribution is 5.56. The summed E-state index contributed by atoms with van der Waals surface area (Å²) in [6, 6.07) is 6.78. The SMILES string of the molecule is CN1CCCc2cc(CNCc3nncn3C)ccc21. The highest BCUT2D eigenvalue weighted by Crippen LogP contribution is 2.26. The van der Waals surface area contributed by atoms with Gasteiger partial charge in [0.2, 0.25) is 0 Å². The third-order valence-corrected chi connectivity index (χ3v) is 3.91. The van der Waals surface area contributed by atoms with E-state index in [1.165, 1.54) is 29.7 Å². The predicted molar refractivity (Wildman–Crippen MR) is 79.6 cm³/mol. The van der Waals surface area contributed by atoms with E-state index < -0.39 is 0 Å². The molecule has 5 nitrogen and oxygen atoms in total. The smallest absolute Gasteiger partial charge is 0.146 e. The Balaban J connectivity index is 1.62. The van der Waals surface area contributed by atoms with E-state index in [4.69, 9.17) is 0 Å². The van der Waals surface area contributed by atoms with Gasteiger partial charge < -0.3 is 14.8 Å². The lowest BCUT2D eigenvalue weighted by Gasteiger charge is -2.27. The zero-order chi connectivity index (χ0) is 13.9. The van der Waals surface area contributed by atoms with Gasteiger partial charge in [-0.25, -0.2) is 0 Å². The van der Waals surface area contributed by atoms with Gasteiger partial charge in [-0.15, -0.1) is 10.2 Å². The molecule has 0 amide bonds. The Morgan fingerprint density at radius 3 is 2.95 bits per heavy atom. The van der Waals surface area contributed by atoms with E-state index in [1.807, 2.05) is 11.6 Å². The van der Waals surface area contributed by atoms with Crippen LogP contribution >= 0.6 is 0 Å². The molecule has 0 saturated carbocycles. The normalized spacial score (nSPS) is 14.4. The van der Waals surface area contributed by atoms with Gasteiger partial charge in [-0.2, -0.15) is 0 Å². The van der Waals surface area contributed by atoms with E-state index in [1.54, 1.807) is 6.33 Å². The lowest BCUT2D eigenvalue weighted by atomic mass is 9.99. The average molecular weight is 271 g/mol. The van der Waals surface area contributed by atoms with E-state index in [-0.39, 0.29) is 0 Å². The van der Waals surface area contributed by atoms with E-state index >= 15 is 0 Å². The molecule has 0 unspecified atom stereocenters. The average Bonchev–Trinajstić information content (AvgIpc) is 2.85. The molecule has 2 heterocycles. The number of hydrogen-bond acceptors (Lipinski definition) is 4. The first-order chi connectivity index (χ1) is 9.74. The Morgan fingerprint density at radius 1 is 1.25 bits per heavy atom. The topological polar surface area (TPSA) is 46.0 Å². The molecule has 106 valence electrons. The first kappa shape index (κ1) is 13.1. The molecule has 1 aromatic heterocycles. The second kappa shape index (κ2) is 5.63. The van der Waals surface area contributed by atoms with Crippen LogP contribution in [0.25, 0.3) is 0 Å². The van der Waals surface area contributed by atoms with E-state index in [0.717, 1.165) is 25.5 Å². The zero-order valence-electron chi connectivity index (χ0n) is 12.1. The van der Waals surface area contributed by atoms with Gasteiger partial charge in [0.05, 0.1) is 6.54 Å². The van der Waals surface area contributed by atoms with Gasteiger partial charge in [0.15, 0.2) is 0 Å². The van der Waals surface area contributed by atoms with Crippen molar-refractivity contribution in [2.24, 2.45) is 7.05 Å². The van der Waals surface area contributed by atoms with Gasteiger partial charge in [-0.1, -0.05) is 12.1 Å². The second-order valence-electron chi connectivity index (χ2n) is 5.45. The molecule has 1 aliphatic heterocycles. The number of aryl methyl sites for hydroxylation is 2. The van der Waals surface area contributed by atoms with Crippen molar-refractivity contribution in [3.63, 3.8) is 0 Å². The number of nitrogens with one attached hydrogen (secondary N) is 1. The summed E-state index contributed by atoms with van der Waals surface area (Å²) in [6.07, 6.45) is 4.17. The molecular formula is C15H21N5. The molecule has 0 spiro atoms. The second-order valence-corrected chi connectivity index (χ2v) is 5.45. The highest BCUT2D eigenvalue weighted by atomic mass is 15.3. The maximum absolute atomic E-state index is 4.07. The van der Waals surface area contributed by atoms with Crippen LogP contribution in [0.3, 0.4) is 0 Å². The van der Waals surface area contributed by atoms with Crippen molar-refractivity contribution in [3.8, 4) is 0 Å². The summed E-state index contributed by atoms with van der Waals surface area (Å²) in [5, 5.41) is 11.4. The molecule has 1 aromatic carbocycles. The Morgan fingerprint density at radius 2 is 2.15 bits per heavy atom. The zero-order valence-corrected chi connectivity index (χ0v) is 12.1. The standard InChI is InChI=1S/C15H21N5/c1-19-7-3-4-13-8-12(5-6-14(13)19)9-16-10-15-18-17-11-20(15)2/h5-6,8,11,16H,3-4,7,9-10H2,1-2H3. The maximum atomic E-state index is 4.07. The van der Waals surface area contributed by atoms with Crippen molar-refractivity contribution in [1.82, 2.24) is 20.1 Å². The van der Waals surface area contributed by atoms with E-state index in [2.05, 4.69) is 45.7 Å². The van der Waals surface area contributed by atoms with Gasteiger partial charge in [0.1, 0.15) is 12.2 Å². The van der Waals surface area contributed by atoms with Crippen LogP contribution in [0, 0.1) is 0 Å². The minimum atomic E-state index is 0.744. The van der Waals surface area contributed by atoms with Crippen molar-refractivity contribution in [2.75, 3.05) is 18.5 Å². The van der Waals surface area contributed by atoms with Crippen molar-refractivity contribution < 1.29 is 0 Å². The Kier molecular flexibility index (Phi) is 3.69. The summed E-state index contributed by atoms with van der Waals surface area (Å²) in [7, 11) is 4.13. The van der Waals surface area contributed by atoms with Crippen LogP contribution in [0.1, 0.15) is 23.4 Å². The Bertz CT molecular complexity index is 590. The third kappa shape index (κ3) is 2.67. The van der Waals surface area contributed by atoms with E-state index in [0.29, 0.717) is 0 Å². The summed E-state index contributed by atoms with van der Waals surface area (Å²) in [4.78, 5) is 2.34. The van der Waals surface area contributed by atoms with Gasteiger partial charge in [-0.3, -0.25) is 0 Å². The fourth-order valence-corrected chi connectivity index (χ4v) is 2.73. The summed E-state index contributed by atoms with van der Waals surface area (Å²) < 4.78 is 1.94. The molecular weight excluding hydrogens is 250 g/mol. The molecule has 3 rings (SSSR count). The maximum Gasteiger partial charge on any atom is 0.146 e. The number of fused-ring (bicyclic) bond motifs is 1. The number of nitrogens with zero attached hydrogens (tertiary/aromatic N) is 4. The number of benzene rings is 1. The largest absolute Gasteiger partial charge is 0.374 e. The lowest BCUT2D eigenvalue weighted by Crippen LogP contribution is -2.25. The van der Waals surface area contributed by atoms with Crippen molar-refractivity contribution in [2.45, 2.75) is 25.9 Å². The first-order valence-electron chi connectivity index (χ1n) is 7.10. The fraction of sp³-hybridized carbons (Fsp3) is 0.467. The monoisotopic (exact) mass is 271 g/mol. The Labute approximate surface area is 119 Å². The summed E-state index contributed by atoms with van der Waals surface area (Å²) in [5.41, 5.74) is 4.19. The van der Waals surface area contributed by atoms with Crippen molar-refractivity contribution >= 4 is 5.69 Å². The van der Waals surface area contributed by atoms with Gasteiger partial charge >= 0.3 is 0 Å². The van der Waals surface area contributed by atoms with Crippen molar-refractivity contribution in [1.29, 1.82) is 0 Å². The number of anilines is 1. The molecule has 1 aliphatic rings. The molecule has 0 atom stereocenters. The first-order valence-corrected chi connectivity index (χ1v) is 7.10. The number of aromatic nitrogens is 3. The van der Waals surface area contributed by atoms with Crippen LogP contribution in [0.2, 0.25) is 0 Å². The molecule has 0 bridgehead atoms. The molecule has 0 aliphatic carbocycles. The van der Waals surface area contributed by atoms with Crippen LogP contribution in [0.4, 0.5) is 5.69 Å². The summed E-state index contributed by atoms with van der Waals surface area (Å²) >= 11 is 0. The predicted octanol–water partition coefficient (Wildman–Crippen LogP) is 1.49. The molecule has 5 heteroatoms. The number of hydrogen-bond donors (Lipinski definition) is 1. The van der Waals surface area contributed by atoms with Gasteiger partial charge in [0.25, 0.3) is 0 Å². The Hall–Kier alpha value is -1.88. The van der Waals surface area contributed by atoms with Crippen LogP contribution in [0.5, 0.6) is 0 Å². The molecule has 0 saturated heterocycles. The lowest BCUT2D eigenvalue weighted by molar-refractivity contribution is 0.636. The highest BCUT2D eigenvalue weighted by Gasteiger charge is 2.13. The minimum absolute atomic E-state index is 0.744. The number of rotatable bonds is 4. The van der Waals surface area contributed by atoms with Crippen LogP contribution in [-0.2, 0) is 26.6 Å². The summed E-state index contributed by atoms with van der Waals surface area (Å²) in [6.45, 7) is 2.77. The molecule has 0 radical (unpaired) electrons. The molecule has 2 aromatic rings. The fourth-order valence-electron chi connectivity index (χ4n) is 2.73. The molecule has 20 heavy (non-hydrogen) atoms.